The summed E-state index contributed by atoms with van der Waals surface area (Å²) in [6.45, 7) is 5.43. The number of nitrogens with zero attached hydrogens (tertiary/aromatic N) is 1. The Kier molecular flexibility index (Phi) is 5.17. The lowest BCUT2D eigenvalue weighted by molar-refractivity contribution is -0.123. The summed E-state index contributed by atoms with van der Waals surface area (Å²) >= 11 is 0. The van der Waals surface area contributed by atoms with Crippen LogP contribution in [0.4, 0.5) is 0 Å². The number of amides is 1. The molecule has 2 N–H and O–H groups in total. The van der Waals surface area contributed by atoms with Gasteiger partial charge in [-0.25, -0.2) is 0 Å². The van der Waals surface area contributed by atoms with Crippen LogP contribution in [0.2, 0.25) is 0 Å². The minimum absolute atomic E-state index is 0.0308. The van der Waals surface area contributed by atoms with Crippen LogP contribution < -0.4 is 10.1 Å². The molecule has 0 radical (unpaired) electrons. The van der Waals surface area contributed by atoms with Crippen molar-refractivity contribution in [2.24, 2.45) is 5.16 Å². The maximum Gasteiger partial charge on any atom is 0.258 e. The van der Waals surface area contributed by atoms with Crippen LogP contribution >= 0.6 is 0 Å². The molecule has 0 aliphatic carbocycles. The molecule has 0 saturated carbocycles. The van der Waals surface area contributed by atoms with Crippen molar-refractivity contribution < 1.29 is 14.7 Å². The first kappa shape index (κ1) is 14.0. The van der Waals surface area contributed by atoms with Gasteiger partial charge in [-0.05, 0) is 32.9 Å². The van der Waals surface area contributed by atoms with Crippen LogP contribution in [-0.2, 0) is 4.79 Å². The van der Waals surface area contributed by atoms with Crippen molar-refractivity contribution >= 4 is 11.6 Å². The molecule has 1 amide bonds. The third kappa shape index (κ3) is 4.45. The first-order valence-electron chi connectivity index (χ1n) is 5.74. The van der Waals surface area contributed by atoms with Crippen molar-refractivity contribution in [3.63, 3.8) is 0 Å². The number of carbonyl (C=O) groups is 1. The number of carbonyl (C=O) groups excluding carboxylic acids is 1. The molecule has 0 unspecified atom stereocenters. The second kappa shape index (κ2) is 6.64. The van der Waals surface area contributed by atoms with E-state index >= 15 is 0 Å². The highest BCUT2D eigenvalue weighted by Crippen LogP contribution is 2.13. The number of hydrogen-bond donors (Lipinski definition) is 2. The lowest BCUT2D eigenvalue weighted by Crippen LogP contribution is -2.34. The third-order valence-corrected chi connectivity index (χ3v) is 2.22. The lowest BCUT2D eigenvalue weighted by Gasteiger charge is -2.10. The Hall–Kier alpha value is -2.04. The maximum absolute atomic E-state index is 11.4. The van der Waals surface area contributed by atoms with E-state index in [0.29, 0.717) is 11.5 Å². The highest BCUT2D eigenvalue weighted by atomic mass is 16.5. The summed E-state index contributed by atoms with van der Waals surface area (Å²) in [4.78, 5) is 11.4. The summed E-state index contributed by atoms with van der Waals surface area (Å²) in [6, 6.07) is 7.14. The number of ether oxygens (including phenoxy) is 1. The molecule has 1 rings (SSSR count). The zero-order valence-corrected chi connectivity index (χ0v) is 10.8. The van der Waals surface area contributed by atoms with E-state index in [4.69, 9.17) is 9.94 Å². The first-order valence-corrected chi connectivity index (χ1v) is 5.74. The van der Waals surface area contributed by atoms with Crippen molar-refractivity contribution in [1.29, 1.82) is 0 Å². The molecule has 1 aromatic rings. The van der Waals surface area contributed by atoms with Crippen LogP contribution in [0.25, 0.3) is 0 Å². The van der Waals surface area contributed by atoms with Crippen LogP contribution in [0.5, 0.6) is 5.75 Å². The minimum Gasteiger partial charge on any atom is -0.484 e. The fraction of sp³-hybridized carbons (Fsp3) is 0.385. The summed E-state index contributed by atoms with van der Waals surface area (Å²) in [5, 5.41) is 14.5. The number of hydrogen-bond acceptors (Lipinski definition) is 4. The van der Waals surface area contributed by atoms with Crippen molar-refractivity contribution in [2.75, 3.05) is 6.61 Å². The average molecular weight is 250 g/mol. The molecule has 0 aliphatic heterocycles. The smallest absolute Gasteiger partial charge is 0.258 e. The van der Waals surface area contributed by atoms with Gasteiger partial charge in [0.25, 0.3) is 5.91 Å². The quantitative estimate of drug-likeness (QED) is 0.475. The summed E-state index contributed by atoms with van der Waals surface area (Å²) in [5.74, 6) is 0.400. The average Bonchev–Trinajstić information content (AvgIpc) is 2.35. The Labute approximate surface area is 106 Å². The molecule has 0 atom stereocenters. The molecule has 0 aliphatic rings. The summed E-state index contributed by atoms with van der Waals surface area (Å²) < 4.78 is 5.36. The Morgan fingerprint density at radius 1 is 1.50 bits per heavy atom. The topological polar surface area (TPSA) is 70.9 Å². The number of oxime groups is 1. The fourth-order valence-electron chi connectivity index (χ4n) is 1.38. The largest absolute Gasteiger partial charge is 0.484 e. The SMILES string of the molecule is C/C(=N\O)c1cccc(OCC(=O)NC(C)C)c1. The van der Waals surface area contributed by atoms with Gasteiger partial charge in [-0.15, -0.1) is 0 Å². The van der Waals surface area contributed by atoms with Crippen molar-refractivity contribution in [2.45, 2.75) is 26.8 Å². The van der Waals surface area contributed by atoms with Gasteiger partial charge in [0.2, 0.25) is 0 Å². The van der Waals surface area contributed by atoms with E-state index in [2.05, 4.69) is 10.5 Å². The number of benzene rings is 1. The molecule has 98 valence electrons. The molecule has 0 fully saturated rings. The van der Waals surface area contributed by atoms with Gasteiger partial charge in [0.05, 0.1) is 5.71 Å². The molecule has 0 spiro atoms. The Bertz CT molecular complexity index is 442. The minimum atomic E-state index is -0.164. The van der Waals surface area contributed by atoms with E-state index in [-0.39, 0.29) is 18.6 Å². The predicted octanol–water partition coefficient (Wildman–Crippen LogP) is 1.79. The van der Waals surface area contributed by atoms with Crippen LogP contribution in [0.3, 0.4) is 0 Å². The zero-order valence-electron chi connectivity index (χ0n) is 10.8. The second-order valence-electron chi connectivity index (χ2n) is 4.22. The summed E-state index contributed by atoms with van der Waals surface area (Å²) in [5.41, 5.74) is 1.24. The van der Waals surface area contributed by atoms with Crippen LogP contribution in [0, 0.1) is 0 Å². The maximum atomic E-state index is 11.4. The van der Waals surface area contributed by atoms with Crippen molar-refractivity contribution in [1.82, 2.24) is 5.32 Å². The molecule has 0 saturated heterocycles. The zero-order chi connectivity index (χ0) is 13.5. The van der Waals surface area contributed by atoms with Gasteiger partial charge in [0, 0.05) is 11.6 Å². The van der Waals surface area contributed by atoms with E-state index in [1.807, 2.05) is 13.8 Å². The fourth-order valence-corrected chi connectivity index (χ4v) is 1.38. The van der Waals surface area contributed by atoms with E-state index in [0.717, 1.165) is 5.56 Å². The first-order chi connectivity index (χ1) is 8.52. The molecule has 18 heavy (non-hydrogen) atoms. The number of rotatable bonds is 5. The normalized spacial score (nSPS) is 11.4. The molecule has 1 aromatic carbocycles. The van der Waals surface area contributed by atoms with Crippen molar-refractivity contribution in [3.05, 3.63) is 29.8 Å². The molecule has 5 heteroatoms. The van der Waals surface area contributed by atoms with Crippen LogP contribution in [0.15, 0.2) is 29.4 Å². The van der Waals surface area contributed by atoms with E-state index in [9.17, 15) is 4.79 Å². The molecular formula is C13H18N2O3. The monoisotopic (exact) mass is 250 g/mol. The van der Waals surface area contributed by atoms with Gasteiger partial charge in [-0.1, -0.05) is 17.3 Å². The predicted molar refractivity (Wildman–Crippen MR) is 69.2 cm³/mol. The Balaban J connectivity index is 2.60. The van der Waals surface area contributed by atoms with E-state index in [1.54, 1.807) is 31.2 Å². The van der Waals surface area contributed by atoms with Crippen molar-refractivity contribution in [3.8, 4) is 5.75 Å². The van der Waals surface area contributed by atoms with Crippen LogP contribution in [-0.4, -0.2) is 29.5 Å². The van der Waals surface area contributed by atoms with Gasteiger partial charge in [-0.3, -0.25) is 4.79 Å². The van der Waals surface area contributed by atoms with E-state index < -0.39 is 0 Å². The highest BCUT2D eigenvalue weighted by molar-refractivity contribution is 5.98. The van der Waals surface area contributed by atoms with Gasteiger partial charge in [0.1, 0.15) is 5.75 Å². The standard InChI is InChI=1S/C13H18N2O3/c1-9(2)14-13(16)8-18-12-6-4-5-11(7-12)10(3)15-17/h4-7,9,17H,8H2,1-3H3,(H,14,16)/b15-10+. The van der Waals surface area contributed by atoms with Gasteiger partial charge in [-0.2, -0.15) is 0 Å². The third-order valence-electron chi connectivity index (χ3n) is 2.22. The highest BCUT2D eigenvalue weighted by Gasteiger charge is 2.05. The molecule has 0 bridgehead atoms. The molecule has 0 aromatic heterocycles. The second-order valence-corrected chi connectivity index (χ2v) is 4.22. The summed E-state index contributed by atoms with van der Waals surface area (Å²) in [7, 11) is 0. The van der Waals surface area contributed by atoms with E-state index in [1.165, 1.54) is 0 Å². The number of nitrogens with one attached hydrogen (secondary N) is 1. The molecule has 0 heterocycles. The molecule has 5 nitrogen and oxygen atoms in total. The molecular weight excluding hydrogens is 232 g/mol. The van der Waals surface area contributed by atoms with Gasteiger partial charge >= 0.3 is 0 Å². The van der Waals surface area contributed by atoms with Crippen LogP contribution in [0.1, 0.15) is 26.3 Å². The lowest BCUT2D eigenvalue weighted by atomic mass is 10.1. The summed E-state index contributed by atoms with van der Waals surface area (Å²) in [6.07, 6.45) is 0. The Morgan fingerprint density at radius 2 is 2.22 bits per heavy atom. The Morgan fingerprint density at radius 3 is 2.83 bits per heavy atom. The van der Waals surface area contributed by atoms with Gasteiger partial charge < -0.3 is 15.3 Å². The van der Waals surface area contributed by atoms with Gasteiger partial charge in [0.15, 0.2) is 6.61 Å².